The van der Waals surface area contributed by atoms with Gasteiger partial charge in [-0.25, -0.2) is 9.18 Å². The summed E-state index contributed by atoms with van der Waals surface area (Å²) in [5.41, 5.74) is 0.222. The fourth-order valence-electron chi connectivity index (χ4n) is 1.57. The molecule has 1 N–H and O–H groups in total. The normalized spacial score (nSPS) is 10.3. The van der Waals surface area contributed by atoms with Crippen LogP contribution < -0.4 is 4.74 Å². The monoisotopic (exact) mass is 402 g/mol. The van der Waals surface area contributed by atoms with Gasteiger partial charge in [0, 0.05) is 10.0 Å². The Labute approximate surface area is 131 Å². The fraction of sp³-hybridized carbons (Fsp3) is 0.0714. The zero-order valence-corrected chi connectivity index (χ0v) is 13.2. The molecule has 0 saturated heterocycles. The molecule has 0 atom stereocenters. The second-order valence-corrected chi connectivity index (χ2v) is 5.74. The molecule has 0 fully saturated rings. The lowest BCUT2D eigenvalue weighted by Crippen LogP contribution is -2.03. The zero-order chi connectivity index (χ0) is 14.7. The van der Waals surface area contributed by atoms with E-state index in [1.54, 1.807) is 18.2 Å². The molecule has 0 aliphatic heterocycles. The summed E-state index contributed by atoms with van der Waals surface area (Å²) in [5.74, 6) is -1.05. The van der Waals surface area contributed by atoms with Crippen LogP contribution in [0.1, 0.15) is 15.9 Å². The molecule has 3 nitrogen and oxygen atoms in total. The molecule has 0 aliphatic rings. The summed E-state index contributed by atoms with van der Waals surface area (Å²) in [6, 6.07) is 8.94. The third kappa shape index (κ3) is 3.58. The highest BCUT2D eigenvalue weighted by Gasteiger charge is 2.10. The Kier molecular flexibility index (Phi) is 4.77. The molecular weight excluding hydrogens is 395 g/mol. The van der Waals surface area contributed by atoms with E-state index in [1.807, 2.05) is 0 Å². The lowest BCUT2D eigenvalue weighted by atomic mass is 10.1. The Morgan fingerprint density at radius 3 is 2.60 bits per heavy atom. The van der Waals surface area contributed by atoms with Gasteiger partial charge in [-0.2, -0.15) is 0 Å². The number of aromatic carboxylic acids is 1. The van der Waals surface area contributed by atoms with E-state index in [9.17, 15) is 9.18 Å². The Balaban J connectivity index is 2.18. The number of carbonyl (C=O) groups is 1. The molecule has 0 aliphatic carbocycles. The van der Waals surface area contributed by atoms with Crippen molar-refractivity contribution in [3.05, 3.63) is 62.3 Å². The predicted octanol–water partition coefficient (Wildman–Crippen LogP) is 4.63. The molecule has 0 aromatic heterocycles. The average molecular weight is 404 g/mol. The molecule has 0 spiro atoms. The van der Waals surface area contributed by atoms with Crippen LogP contribution in [0.2, 0.25) is 0 Å². The van der Waals surface area contributed by atoms with Crippen molar-refractivity contribution >= 4 is 37.8 Å². The molecule has 6 heteroatoms. The van der Waals surface area contributed by atoms with Crippen LogP contribution in [0.15, 0.2) is 45.3 Å². The van der Waals surface area contributed by atoms with Crippen molar-refractivity contribution in [2.24, 2.45) is 0 Å². The van der Waals surface area contributed by atoms with Gasteiger partial charge >= 0.3 is 5.97 Å². The molecule has 0 amide bonds. The second kappa shape index (κ2) is 6.37. The summed E-state index contributed by atoms with van der Waals surface area (Å²) in [7, 11) is 0. The number of hydrogen-bond donors (Lipinski definition) is 1. The van der Waals surface area contributed by atoms with Crippen LogP contribution in [0.4, 0.5) is 4.39 Å². The number of ether oxygens (including phenoxy) is 1. The van der Waals surface area contributed by atoms with E-state index in [0.29, 0.717) is 5.75 Å². The lowest BCUT2D eigenvalue weighted by molar-refractivity contribution is 0.0696. The minimum Gasteiger partial charge on any atom is -0.488 e. The van der Waals surface area contributed by atoms with Crippen molar-refractivity contribution in [3.8, 4) is 5.75 Å². The van der Waals surface area contributed by atoms with Gasteiger partial charge in [0.1, 0.15) is 18.2 Å². The summed E-state index contributed by atoms with van der Waals surface area (Å²) in [5, 5.41) is 8.88. The summed E-state index contributed by atoms with van der Waals surface area (Å²) < 4.78 is 20.7. The highest BCUT2D eigenvalue weighted by molar-refractivity contribution is 9.11. The van der Waals surface area contributed by atoms with Gasteiger partial charge < -0.3 is 9.84 Å². The molecule has 0 bridgehead atoms. The molecule has 0 heterocycles. The highest BCUT2D eigenvalue weighted by atomic mass is 79.9. The minimum atomic E-state index is -1.10. The first-order valence-electron chi connectivity index (χ1n) is 5.57. The van der Waals surface area contributed by atoms with Crippen LogP contribution in [-0.2, 0) is 6.61 Å². The van der Waals surface area contributed by atoms with Crippen molar-refractivity contribution in [2.75, 3.05) is 0 Å². The maximum atomic E-state index is 13.6. The highest BCUT2D eigenvalue weighted by Crippen LogP contribution is 2.29. The standard InChI is InChI=1S/C14H9Br2FO3/c15-10-2-4-13(11(16)6-10)20-7-9-5-8(14(18)19)1-3-12(9)17/h1-6H,7H2,(H,18,19). The average Bonchev–Trinajstić information content (AvgIpc) is 2.39. The summed E-state index contributed by atoms with van der Waals surface area (Å²) in [4.78, 5) is 10.9. The van der Waals surface area contributed by atoms with Gasteiger partial charge in [0.15, 0.2) is 0 Å². The maximum absolute atomic E-state index is 13.6. The molecule has 20 heavy (non-hydrogen) atoms. The van der Waals surface area contributed by atoms with Crippen molar-refractivity contribution < 1.29 is 19.0 Å². The predicted molar refractivity (Wildman–Crippen MR) is 79.5 cm³/mol. The van der Waals surface area contributed by atoms with E-state index in [1.165, 1.54) is 12.1 Å². The van der Waals surface area contributed by atoms with E-state index in [4.69, 9.17) is 9.84 Å². The molecular formula is C14H9Br2FO3. The quantitative estimate of drug-likeness (QED) is 0.809. The van der Waals surface area contributed by atoms with Crippen LogP contribution in [0.25, 0.3) is 0 Å². The van der Waals surface area contributed by atoms with E-state index < -0.39 is 11.8 Å². The molecule has 0 saturated carbocycles. The number of rotatable bonds is 4. The Morgan fingerprint density at radius 1 is 1.20 bits per heavy atom. The van der Waals surface area contributed by atoms with Crippen molar-refractivity contribution in [3.63, 3.8) is 0 Å². The van der Waals surface area contributed by atoms with Gasteiger partial charge in [0.25, 0.3) is 0 Å². The summed E-state index contributed by atoms with van der Waals surface area (Å²) in [6.45, 7) is -0.0484. The second-order valence-electron chi connectivity index (χ2n) is 3.97. The van der Waals surface area contributed by atoms with Crippen molar-refractivity contribution in [1.82, 2.24) is 0 Å². The number of hydrogen-bond acceptors (Lipinski definition) is 2. The van der Waals surface area contributed by atoms with E-state index >= 15 is 0 Å². The van der Waals surface area contributed by atoms with E-state index in [-0.39, 0.29) is 17.7 Å². The first-order chi connectivity index (χ1) is 9.47. The molecule has 0 unspecified atom stereocenters. The maximum Gasteiger partial charge on any atom is 0.335 e. The first kappa shape index (κ1) is 15.0. The lowest BCUT2D eigenvalue weighted by Gasteiger charge is -2.10. The molecule has 2 rings (SSSR count). The molecule has 2 aromatic carbocycles. The van der Waals surface area contributed by atoms with E-state index in [0.717, 1.165) is 15.0 Å². The third-order valence-electron chi connectivity index (χ3n) is 2.57. The molecule has 2 aromatic rings. The topological polar surface area (TPSA) is 46.5 Å². The van der Waals surface area contributed by atoms with Crippen LogP contribution in [0, 0.1) is 5.82 Å². The smallest absolute Gasteiger partial charge is 0.335 e. The van der Waals surface area contributed by atoms with Gasteiger partial charge in [-0.3, -0.25) is 0 Å². The van der Waals surface area contributed by atoms with Crippen LogP contribution in [-0.4, -0.2) is 11.1 Å². The minimum absolute atomic E-state index is 0.0277. The van der Waals surface area contributed by atoms with E-state index in [2.05, 4.69) is 31.9 Å². The number of carboxylic acids is 1. The first-order valence-corrected chi connectivity index (χ1v) is 7.15. The van der Waals surface area contributed by atoms with Gasteiger partial charge in [-0.05, 0) is 52.3 Å². The Hall–Kier alpha value is -1.40. The SMILES string of the molecule is O=C(O)c1ccc(F)c(COc2ccc(Br)cc2Br)c1. The Bertz CT molecular complexity index is 659. The molecule has 0 radical (unpaired) electrons. The zero-order valence-electron chi connectivity index (χ0n) is 10.1. The fourth-order valence-corrected chi connectivity index (χ4v) is 2.73. The summed E-state index contributed by atoms with van der Waals surface area (Å²) in [6.07, 6.45) is 0. The van der Waals surface area contributed by atoms with Gasteiger partial charge in [-0.15, -0.1) is 0 Å². The van der Waals surface area contributed by atoms with Crippen LogP contribution in [0.3, 0.4) is 0 Å². The van der Waals surface area contributed by atoms with Gasteiger partial charge in [0.2, 0.25) is 0 Å². The summed E-state index contributed by atoms with van der Waals surface area (Å²) >= 11 is 6.65. The van der Waals surface area contributed by atoms with Crippen molar-refractivity contribution in [2.45, 2.75) is 6.61 Å². The van der Waals surface area contributed by atoms with Crippen LogP contribution >= 0.6 is 31.9 Å². The van der Waals surface area contributed by atoms with Crippen LogP contribution in [0.5, 0.6) is 5.75 Å². The third-order valence-corrected chi connectivity index (χ3v) is 3.68. The largest absolute Gasteiger partial charge is 0.488 e. The number of carboxylic acid groups (broad SMARTS) is 1. The van der Waals surface area contributed by atoms with Gasteiger partial charge in [-0.1, -0.05) is 15.9 Å². The number of halogens is 3. The van der Waals surface area contributed by atoms with Gasteiger partial charge in [0.05, 0.1) is 10.0 Å². The molecule has 104 valence electrons. The Morgan fingerprint density at radius 2 is 1.95 bits per heavy atom. The number of benzene rings is 2. The van der Waals surface area contributed by atoms with Crippen molar-refractivity contribution in [1.29, 1.82) is 0 Å².